The zero-order valence-corrected chi connectivity index (χ0v) is 16.1. The first kappa shape index (κ1) is 20.5. The van der Waals surface area contributed by atoms with Crippen molar-refractivity contribution in [3.63, 3.8) is 0 Å². The quantitative estimate of drug-likeness (QED) is 0.803. The van der Waals surface area contributed by atoms with Gasteiger partial charge in [0.15, 0.2) is 0 Å². The summed E-state index contributed by atoms with van der Waals surface area (Å²) in [6.45, 7) is 4.40. The number of carboxylic acid groups (broad SMARTS) is 1. The fourth-order valence-corrected chi connectivity index (χ4v) is 3.08. The maximum absolute atomic E-state index is 11.3. The molecule has 0 heterocycles. The van der Waals surface area contributed by atoms with Crippen LogP contribution in [0, 0.1) is 5.92 Å². The molecule has 0 saturated heterocycles. The second-order valence-corrected chi connectivity index (χ2v) is 6.90. The molecule has 0 radical (unpaired) electrons. The maximum Gasteiger partial charge on any atom is 0.406 e. The fourth-order valence-electron chi connectivity index (χ4n) is 3.08. The van der Waals surface area contributed by atoms with Crippen molar-refractivity contribution in [1.29, 1.82) is 0 Å². The van der Waals surface area contributed by atoms with E-state index in [1.165, 1.54) is 22.3 Å². The molecule has 2 aromatic carbocycles. The van der Waals surface area contributed by atoms with E-state index in [9.17, 15) is 9.59 Å². The van der Waals surface area contributed by atoms with Crippen molar-refractivity contribution in [2.24, 2.45) is 5.92 Å². The Bertz CT molecular complexity index is 740. The number of alkyl carbamates (subject to hydrolysis) is 1. The number of hydrogen-bond donors (Lipinski definition) is 2. The highest BCUT2D eigenvalue weighted by Crippen LogP contribution is 2.44. The summed E-state index contributed by atoms with van der Waals surface area (Å²) in [5.41, 5.74) is 4.94. The molecule has 27 heavy (non-hydrogen) atoms. The molecule has 1 aliphatic carbocycles. The number of fused-ring (bicyclic) bond motifs is 3. The van der Waals surface area contributed by atoms with Gasteiger partial charge < -0.3 is 15.2 Å². The summed E-state index contributed by atoms with van der Waals surface area (Å²) in [5, 5.41) is 10.6. The van der Waals surface area contributed by atoms with Gasteiger partial charge in [-0.25, -0.2) is 4.79 Å². The highest BCUT2D eigenvalue weighted by Gasteiger charge is 2.28. The minimum Gasteiger partial charge on any atom is -0.481 e. The topological polar surface area (TPSA) is 75.6 Å². The zero-order valence-electron chi connectivity index (χ0n) is 16.1. The van der Waals surface area contributed by atoms with Gasteiger partial charge in [-0.05, 0) is 34.6 Å². The number of hydrogen-bond acceptors (Lipinski definition) is 3. The molecule has 0 aromatic heterocycles. The van der Waals surface area contributed by atoms with Crippen LogP contribution in [-0.4, -0.2) is 30.8 Å². The van der Waals surface area contributed by atoms with Gasteiger partial charge in [-0.1, -0.05) is 62.4 Å². The van der Waals surface area contributed by atoms with Crippen LogP contribution in [0.15, 0.2) is 48.5 Å². The van der Waals surface area contributed by atoms with Crippen molar-refractivity contribution in [3.8, 4) is 11.1 Å². The normalized spacial score (nSPS) is 11.9. The largest absolute Gasteiger partial charge is 0.481 e. The van der Waals surface area contributed by atoms with Crippen LogP contribution >= 0.6 is 0 Å². The maximum atomic E-state index is 11.3. The molecule has 0 unspecified atom stereocenters. The lowest BCUT2D eigenvalue weighted by atomic mass is 9.98. The van der Waals surface area contributed by atoms with E-state index >= 15 is 0 Å². The molecule has 2 N–H and O–H groups in total. The van der Waals surface area contributed by atoms with Crippen molar-refractivity contribution < 1.29 is 19.4 Å². The summed E-state index contributed by atoms with van der Waals surface area (Å²) in [6, 6.07) is 16.6. The van der Waals surface area contributed by atoms with Crippen LogP contribution in [0.2, 0.25) is 0 Å². The molecule has 1 amide bonds. The number of carbonyl (C=O) groups is 2. The minimum atomic E-state index is -0.696. The van der Waals surface area contributed by atoms with Crippen LogP contribution in [0.1, 0.15) is 43.7 Å². The second-order valence-electron chi connectivity index (χ2n) is 6.90. The SMILES string of the molecule is CC(C)CCC(=O)O.CNC(=O)OCC1c2ccccc2-c2ccccc21. The van der Waals surface area contributed by atoms with Crippen molar-refractivity contribution in [1.82, 2.24) is 5.32 Å². The van der Waals surface area contributed by atoms with Crippen LogP contribution in [0.25, 0.3) is 11.1 Å². The van der Waals surface area contributed by atoms with Gasteiger partial charge in [-0.2, -0.15) is 0 Å². The van der Waals surface area contributed by atoms with Crippen LogP contribution in [-0.2, 0) is 9.53 Å². The van der Waals surface area contributed by atoms with Crippen molar-refractivity contribution in [2.75, 3.05) is 13.7 Å². The van der Waals surface area contributed by atoms with Crippen LogP contribution in [0.5, 0.6) is 0 Å². The third-order valence-corrected chi connectivity index (χ3v) is 4.48. The highest BCUT2D eigenvalue weighted by molar-refractivity contribution is 5.79. The summed E-state index contributed by atoms with van der Waals surface area (Å²) >= 11 is 0. The Kier molecular flexibility index (Phi) is 7.41. The van der Waals surface area contributed by atoms with E-state index in [0.29, 0.717) is 18.9 Å². The van der Waals surface area contributed by atoms with E-state index in [1.807, 2.05) is 38.1 Å². The van der Waals surface area contributed by atoms with Gasteiger partial charge in [0.1, 0.15) is 6.61 Å². The van der Waals surface area contributed by atoms with Gasteiger partial charge in [-0.15, -0.1) is 0 Å². The van der Waals surface area contributed by atoms with Crippen LogP contribution in [0.3, 0.4) is 0 Å². The number of nitrogens with one attached hydrogen (secondary N) is 1. The Balaban J connectivity index is 0.000000279. The first-order valence-corrected chi connectivity index (χ1v) is 9.18. The first-order valence-electron chi connectivity index (χ1n) is 9.18. The van der Waals surface area contributed by atoms with Crippen LogP contribution in [0.4, 0.5) is 4.79 Å². The molecule has 0 fully saturated rings. The molecule has 0 saturated carbocycles. The summed E-state index contributed by atoms with van der Waals surface area (Å²) in [4.78, 5) is 21.2. The van der Waals surface area contributed by atoms with Gasteiger partial charge >= 0.3 is 12.1 Å². The standard InChI is InChI=1S/C16H15NO2.C6H12O2/c1-17-16(18)19-10-15-13-8-4-2-6-11(13)12-7-3-5-9-14(12)15;1-5(2)3-4-6(7)8/h2-9,15H,10H2,1H3,(H,17,18);5H,3-4H2,1-2H3,(H,7,8). The third-order valence-electron chi connectivity index (χ3n) is 4.48. The molecule has 3 rings (SSSR count). The monoisotopic (exact) mass is 369 g/mol. The minimum absolute atomic E-state index is 0.129. The Morgan fingerprint density at radius 1 is 1.04 bits per heavy atom. The Labute approximate surface area is 160 Å². The van der Waals surface area contributed by atoms with Gasteiger partial charge in [0.25, 0.3) is 0 Å². The number of carbonyl (C=O) groups excluding carboxylic acids is 1. The molecule has 0 spiro atoms. The summed E-state index contributed by atoms with van der Waals surface area (Å²) in [7, 11) is 1.57. The zero-order chi connectivity index (χ0) is 19.8. The lowest BCUT2D eigenvalue weighted by molar-refractivity contribution is -0.137. The molecule has 5 nitrogen and oxygen atoms in total. The van der Waals surface area contributed by atoms with E-state index in [-0.39, 0.29) is 12.0 Å². The number of carboxylic acids is 1. The molecular weight excluding hydrogens is 342 g/mol. The van der Waals surface area contributed by atoms with E-state index in [1.54, 1.807) is 7.05 Å². The highest BCUT2D eigenvalue weighted by atomic mass is 16.5. The summed E-state index contributed by atoms with van der Waals surface area (Å²) in [5.74, 6) is -0.0606. The lowest BCUT2D eigenvalue weighted by Gasteiger charge is -2.13. The number of benzene rings is 2. The predicted molar refractivity (Wildman–Crippen MR) is 106 cm³/mol. The van der Waals surface area contributed by atoms with Gasteiger partial charge in [0, 0.05) is 19.4 Å². The third kappa shape index (κ3) is 5.58. The predicted octanol–water partition coefficient (Wildman–Crippen LogP) is 4.66. The Morgan fingerprint density at radius 3 is 1.96 bits per heavy atom. The van der Waals surface area contributed by atoms with Crippen molar-refractivity contribution >= 4 is 12.1 Å². The van der Waals surface area contributed by atoms with Gasteiger partial charge in [0.05, 0.1) is 0 Å². The van der Waals surface area contributed by atoms with E-state index < -0.39 is 5.97 Å². The average Bonchev–Trinajstić information content (AvgIpc) is 2.99. The number of aliphatic carboxylic acids is 1. The molecule has 0 bridgehead atoms. The molecular formula is C22H27NO4. The second kappa shape index (κ2) is 9.76. The lowest BCUT2D eigenvalue weighted by Crippen LogP contribution is -2.21. The molecule has 0 atom stereocenters. The molecule has 2 aromatic rings. The molecule has 144 valence electrons. The van der Waals surface area contributed by atoms with Crippen molar-refractivity contribution in [2.45, 2.75) is 32.6 Å². The van der Waals surface area contributed by atoms with E-state index in [0.717, 1.165) is 6.42 Å². The van der Waals surface area contributed by atoms with E-state index in [4.69, 9.17) is 9.84 Å². The van der Waals surface area contributed by atoms with Gasteiger partial charge in [-0.3, -0.25) is 4.79 Å². The summed E-state index contributed by atoms with van der Waals surface area (Å²) in [6.07, 6.45) is 0.703. The Hall–Kier alpha value is -2.82. The fraction of sp³-hybridized carbons (Fsp3) is 0.364. The number of amides is 1. The smallest absolute Gasteiger partial charge is 0.406 e. The van der Waals surface area contributed by atoms with Gasteiger partial charge in [0.2, 0.25) is 0 Å². The number of rotatable bonds is 5. The average molecular weight is 369 g/mol. The van der Waals surface area contributed by atoms with E-state index in [2.05, 4.69) is 29.6 Å². The number of ether oxygens (including phenoxy) is 1. The molecule has 1 aliphatic rings. The molecule has 5 heteroatoms. The Morgan fingerprint density at radius 2 is 1.56 bits per heavy atom. The molecule has 0 aliphatic heterocycles. The summed E-state index contributed by atoms with van der Waals surface area (Å²) < 4.78 is 5.24. The van der Waals surface area contributed by atoms with Crippen molar-refractivity contribution in [3.05, 3.63) is 59.7 Å². The van der Waals surface area contributed by atoms with Crippen LogP contribution < -0.4 is 5.32 Å². The first-order chi connectivity index (χ1) is 12.9.